The molecular formula is C23H30N4O3. The molecule has 3 aromatic rings. The summed E-state index contributed by atoms with van der Waals surface area (Å²) in [6.45, 7) is 6.39. The van der Waals surface area contributed by atoms with Gasteiger partial charge in [0.15, 0.2) is 5.82 Å². The number of nitrogens with zero attached hydrogens (tertiary/aromatic N) is 3. The fraction of sp³-hybridized carbons (Fsp3) is 0.348. The smallest absolute Gasteiger partial charge is 0.407 e. The van der Waals surface area contributed by atoms with Crippen molar-refractivity contribution >= 4 is 22.8 Å². The summed E-state index contributed by atoms with van der Waals surface area (Å²) in [6, 6.07) is 13.3. The van der Waals surface area contributed by atoms with E-state index < -0.39 is 0 Å². The predicted molar refractivity (Wildman–Crippen MR) is 121 cm³/mol. The highest BCUT2D eigenvalue weighted by molar-refractivity contribution is 5.92. The summed E-state index contributed by atoms with van der Waals surface area (Å²) >= 11 is 0. The van der Waals surface area contributed by atoms with Crippen LogP contribution >= 0.6 is 0 Å². The molecule has 1 amide bonds. The molecule has 2 heterocycles. The second-order valence-electron chi connectivity index (χ2n) is 7.61. The fourth-order valence-electron chi connectivity index (χ4n) is 3.85. The minimum Gasteiger partial charge on any atom is -0.507 e. The zero-order chi connectivity index (χ0) is 21.1. The van der Waals surface area contributed by atoms with Gasteiger partial charge in [-0.15, -0.1) is 0 Å². The van der Waals surface area contributed by atoms with E-state index in [0.717, 1.165) is 41.8 Å². The van der Waals surface area contributed by atoms with Gasteiger partial charge in [0.25, 0.3) is 0 Å². The third kappa shape index (κ3) is 4.15. The fourth-order valence-corrected chi connectivity index (χ4v) is 3.85. The molecule has 1 fully saturated rings. The Morgan fingerprint density at radius 3 is 2.93 bits per heavy atom. The molecule has 1 aromatic heterocycles. The van der Waals surface area contributed by atoms with E-state index in [1.54, 1.807) is 19.1 Å². The minimum absolute atomic E-state index is 0. The zero-order valence-corrected chi connectivity index (χ0v) is 17.3. The lowest BCUT2D eigenvalue weighted by Gasteiger charge is -2.21. The highest BCUT2D eigenvalue weighted by Gasteiger charge is 2.26. The SMILES string of the molecule is CCOC(=O)NC[C@@H]1CCN(c2nc(-c3ccccc3O)nc3cc(C)ccc23)C1.[HH].[HH]. The zero-order valence-electron chi connectivity index (χ0n) is 17.3. The van der Waals surface area contributed by atoms with E-state index in [-0.39, 0.29) is 14.7 Å². The number of aromatic hydroxyl groups is 1. The number of hydrogen-bond acceptors (Lipinski definition) is 6. The molecule has 0 bridgehead atoms. The Hall–Kier alpha value is -3.35. The summed E-state index contributed by atoms with van der Waals surface area (Å²) < 4.78 is 4.95. The van der Waals surface area contributed by atoms with Gasteiger partial charge in [-0.2, -0.15) is 0 Å². The molecule has 30 heavy (non-hydrogen) atoms. The van der Waals surface area contributed by atoms with Crippen LogP contribution in [0.15, 0.2) is 42.5 Å². The number of benzene rings is 2. The van der Waals surface area contributed by atoms with Gasteiger partial charge in [-0.25, -0.2) is 14.8 Å². The first-order valence-corrected chi connectivity index (χ1v) is 10.3. The standard InChI is InChI=1S/C23H26N4O3.2H2/c1-3-30-23(29)24-13-16-10-11-27(14-16)22-17-9-8-15(2)12-19(17)25-21(26-22)18-6-4-5-7-20(18)28;;/h4-9,12,16,28H,3,10-11,13-14H2,1-2H3,(H,24,29);2*1H/t16-;;/m0../s1. The van der Waals surface area contributed by atoms with E-state index in [9.17, 15) is 9.90 Å². The number of rotatable bonds is 5. The molecule has 1 atom stereocenters. The average Bonchev–Trinajstić information content (AvgIpc) is 3.21. The van der Waals surface area contributed by atoms with Crippen LogP contribution in [-0.4, -0.2) is 47.4 Å². The minimum atomic E-state index is -0.374. The molecule has 0 radical (unpaired) electrons. The molecule has 7 nitrogen and oxygen atoms in total. The Balaban J connectivity index is 0.00000181. The van der Waals surface area contributed by atoms with Crippen LogP contribution < -0.4 is 10.2 Å². The Bertz CT molecular complexity index is 1080. The van der Waals surface area contributed by atoms with E-state index in [1.807, 2.05) is 25.1 Å². The number of carbonyl (C=O) groups is 1. The predicted octanol–water partition coefficient (Wildman–Crippen LogP) is 4.38. The summed E-state index contributed by atoms with van der Waals surface area (Å²) in [6.07, 6.45) is 0.580. The maximum absolute atomic E-state index is 11.6. The van der Waals surface area contributed by atoms with Crippen LogP contribution in [-0.2, 0) is 4.74 Å². The summed E-state index contributed by atoms with van der Waals surface area (Å²) in [5.41, 5.74) is 2.58. The number of amides is 1. The van der Waals surface area contributed by atoms with Gasteiger partial charge in [-0.1, -0.05) is 18.2 Å². The Kier molecular flexibility index (Phi) is 5.70. The first-order valence-electron chi connectivity index (χ1n) is 10.3. The number of ether oxygens (including phenoxy) is 1. The van der Waals surface area contributed by atoms with Crippen molar-refractivity contribution in [1.82, 2.24) is 15.3 Å². The molecule has 1 aliphatic heterocycles. The normalized spacial score (nSPS) is 16.1. The van der Waals surface area contributed by atoms with Crippen molar-refractivity contribution in [3.8, 4) is 17.1 Å². The van der Waals surface area contributed by atoms with Crippen LogP contribution in [0.5, 0.6) is 5.75 Å². The topological polar surface area (TPSA) is 87.6 Å². The molecular weight excluding hydrogens is 380 g/mol. The lowest BCUT2D eigenvalue weighted by molar-refractivity contribution is 0.151. The summed E-state index contributed by atoms with van der Waals surface area (Å²) in [5, 5.41) is 14.1. The van der Waals surface area contributed by atoms with Gasteiger partial charge in [0.2, 0.25) is 0 Å². The molecule has 0 unspecified atom stereocenters. The average molecular weight is 411 g/mol. The molecule has 4 rings (SSSR count). The van der Waals surface area contributed by atoms with Crippen LogP contribution in [0.3, 0.4) is 0 Å². The van der Waals surface area contributed by atoms with Gasteiger partial charge in [0.1, 0.15) is 11.6 Å². The number of alkyl carbamates (subject to hydrolysis) is 1. The van der Waals surface area contributed by atoms with Crippen LogP contribution in [0.4, 0.5) is 10.6 Å². The molecule has 7 heteroatoms. The monoisotopic (exact) mass is 410 g/mol. The summed E-state index contributed by atoms with van der Waals surface area (Å²) in [7, 11) is 0. The molecule has 2 N–H and O–H groups in total. The molecule has 2 aromatic carbocycles. The first kappa shape index (κ1) is 19.9. The lowest BCUT2D eigenvalue weighted by Crippen LogP contribution is -2.31. The van der Waals surface area contributed by atoms with E-state index in [1.165, 1.54) is 0 Å². The van der Waals surface area contributed by atoms with Crippen molar-refractivity contribution in [2.24, 2.45) is 5.92 Å². The Morgan fingerprint density at radius 1 is 1.30 bits per heavy atom. The van der Waals surface area contributed by atoms with Crippen molar-refractivity contribution in [1.29, 1.82) is 0 Å². The van der Waals surface area contributed by atoms with Crippen molar-refractivity contribution < 1.29 is 17.5 Å². The molecule has 160 valence electrons. The number of aromatic nitrogens is 2. The van der Waals surface area contributed by atoms with E-state index >= 15 is 0 Å². The number of aryl methyl sites for hydroxylation is 1. The van der Waals surface area contributed by atoms with Crippen molar-refractivity contribution in [3.63, 3.8) is 0 Å². The summed E-state index contributed by atoms with van der Waals surface area (Å²) in [5.74, 6) is 1.85. The number of hydrogen-bond donors (Lipinski definition) is 2. The van der Waals surface area contributed by atoms with Crippen LogP contribution in [0, 0.1) is 12.8 Å². The molecule has 0 saturated carbocycles. The van der Waals surface area contributed by atoms with Gasteiger partial charge >= 0.3 is 6.09 Å². The lowest BCUT2D eigenvalue weighted by atomic mass is 10.1. The maximum Gasteiger partial charge on any atom is 0.407 e. The molecule has 0 aliphatic carbocycles. The van der Waals surface area contributed by atoms with Crippen LogP contribution in [0.1, 0.15) is 21.8 Å². The van der Waals surface area contributed by atoms with Gasteiger partial charge in [0, 0.05) is 27.9 Å². The maximum atomic E-state index is 11.6. The largest absolute Gasteiger partial charge is 0.507 e. The second kappa shape index (κ2) is 8.57. The molecule has 0 spiro atoms. The van der Waals surface area contributed by atoms with Gasteiger partial charge in [-0.3, -0.25) is 0 Å². The van der Waals surface area contributed by atoms with E-state index in [0.29, 0.717) is 30.5 Å². The number of nitrogens with one attached hydrogen (secondary N) is 1. The highest BCUT2D eigenvalue weighted by Crippen LogP contribution is 2.33. The van der Waals surface area contributed by atoms with Crippen molar-refractivity contribution in [2.75, 3.05) is 31.1 Å². The number of para-hydroxylation sites is 1. The highest BCUT2D eigenvalue weighted by atomic mass is 16.5. The molecule has 1 aliphatic rings. The quantitative estimate of drug-likeness (QED) is 0.649. The van der Waals surface area contributed by atoms with Gasteiger partial charge in [-0.05, 0) is 56.0 Å². The number of phenols is 1. The van der Waals surface area contributed by atoms with Crippen molar-refractivity contribution in [2.45, 2.75) is 20.3 Å². The number of phenolic OH excluding ortho intramolecular Hbond substituents is 1. The second-order valence-corrected chi connectivity index (χ2v) is 7.61. The van der Waals surface area contributed by atoms with Crippen LogP contribution in [0.25, 0.3) is 22.3 Å². The van der Waals surface area contributed by atoms with Crippen LogP contribution in [0.2, 0.25) is 0 Å². The third-order valence-electron chi connectivity index (χ3n) is 5.37. The van der Waals surface area contributed by atoms with Gasteiger partial charge in [0.05, 0.1) is 17.7 Å². The van der Waals surface area contributed by atoms with Gasteiger partial charge < -0.3 is 20.1 Å². The van der Waals surface area contributed by atoms with E-state index in [4.69, 9.17) is 14.7 Å². The van der Waals surface area contributed by atoms with Crippen molar-refractivity contribution in [3.05, 3.63) is 48.0 Å². The van der Waals surface area contributed by atoms with E-state index in [2.05, 4.69) is 22.3 Å². The number of fused-ring (bicyclic) bond motifs is 1. The summed E-state index contributed by atoms with van der Waals surface area (Å²) in [4.78, 5) is 23.4. The Morgan fingerprint density at radius 2 is 2.13 bits per heavy atom. The third-order valence-corrected chi connectivity index (χ3v) is 5.37. The Labute approximate surface area is 178 Å². The number of anilines is 1. The molecule has 1 saturated heterocycles. The first-order chi connectivity index (χ1) is 14.5. The number of carbonyl (C=O) groups excluding carboxylic acids is 1.